The van der Waals surface area contributed by atoms with E-state index in [4.69, 9.17) is 16.3 Å². The molecule has 23 heavy (non-hydrogen) atoms. The summed E-state index contributed by atoms with van der Waals surface area (Å²) < 4.78 is 30.1. The highest BCUT2D eigenvalue weighted by atomic mass is 35.5. The van der Waals surface area contributed by atoms with Crippen LogP contribution in [0.4, 0.5) is 5.69 Å². The molecule has 1 fully saturated rings. The number of morpholine rings is 1. The Labute approximate surface area is 141 Å². The van der Waals surface area contributed by atoms with Crippen LogP contribution in [-0.2, 0) is 14.8 Å². The molecular formula is C14H20ClN3O4S. The van der Waals surface area contributed by atoms with E-state index in [-0.39, 0.29) is 16.6 Å². The molecule has 1 heterocycles. The summed E-state index contributed by atoms with van der Waals surface area (Å²) in [6.07, 6.45) is 1.03. The van der Waals surface area contributed by atoms with Crippen molar-refractivity contribution in [1.29, 1.82) is 0 Å². The van der Waals surface area contributed by atoms with Gasteiger partial charge in [0.1, 0.15) is 0 Å². The van der Waals surface area contributed by atoms with E-state index >= 15 is 0 Å². The molecule has 0 aromatic heterocycles. The molecule has 1 aromatic rings. The van der Waals surface area contributed by atoms with E-state index in [2.05, 4.69) is 14.9 Å². The third-order valence-electron chi connectivity index (χ3n) is 3.34. The van der Waals surface area contributed by atoms with Gasteiger partial charge in [0, 0.05) is 31.7 Å². The first-order valence-corrected chi connectivity index (χ1v) is 9.48. The minimum Gasteiger partial charge on any atom is -0.379 e. The predicted octanol–water partition coefficient (Wildman–Crippen LogP) is 0.774. The number of carbonyl (C=O) groups excluding carboxylic acids is 1. The van der Waals surface area contributed by atoms with Gasteiger partial charge in [-0.05, 0) is 18.2 Å². The first-order chi connectivity index (χ1) is 10.8. The fraction of sp³-hybridized carbons (Fsp3) is 0.500. The van der Waals surface area contributed by atoms with Crippen molar-refractivity contribution in [3.05, 3.63) is 28.8 Å². The molecule has 128 valence electrons. The molecule has 0 spiro atoms. The SMILES string of the molecule is CS(=O)(=O)Nc1cc(C(=O)NCCN2CCOCC2)ccc1Cl. The van der Waals surface area contributed by atoms with Crippen LogP contribution in [0.1, 0.15) is 10.4 Å². The molecule has 1 aliphatic heterocycles. The maximum atomic E-state index is 12.1. The monoisotopic (exact) mass is 361 g/mol. The molecule has 1 aliphatic rings. The number of halogens is 1. The molecule has 0 aliphatic carbocycles. The van der Waals surface area contributed by atoms with Crippen molar-refractivity contribution >= 4 is 33.2 Å². The standard InChI is InChI=1S/C14H20ClN3O4S/c1-23(20,21)17-13-10-11(2-3-12(13)15)14(19)16-4-5-18-6-8-22-9-7-18/h2-3,10,17H,4-9H2,1H3,(H,16,19). The van der Waals surface area contributed by atoms with E-state index in [0.717, 1.165) is 25.9 Å². The van der Waals surface area contributed by atoms with Crippen LogP contribution < -0.4 is 10.0 Å². The Kier molecular flexibility index (Phi) is 6.23. The molecule has 1 saturated heterocycles. The van der Waals surface area contributed by atoms with Crippen LogP contribution in [0.3, 0.4) is 0 Å². The van der Waals surface area contributed by atoms with Crippen LogP contribution in [0.15, 0.2) is 18.2 Å². The largest absolute Gasteiger partial charge is 0.379 e. The second kappa shape index (κ2) is 7.96. The maximum Gasteiger partial charge on any atom is 0.251 e. The van der Waals surface area contributed by atoms with Gasteiger partial charge in [-0.1, -0.05) is 11.6 Å². The number of hydrogen-bond acceptors (Lipinski definition) is 5. The molecular weight excluding hydrogens is 342 g/mol. The number of sulfonamides is 1. The van der Waals surface area contributed by atoms with Crippen molar-refractivity contribution in [2.45, 2.75) is 0 Å². The Morgan fingerprint density at radius 1 is 1.35 bits per heavy atom. The van der Waals surface area contributed by atoms with Crippen LogP contribution in [-0.4, -0.2) is 64.9 Å². The van der Waals surface area contributed by atoms with Gasteiger partial charge in [-0.3, -0.25) is 14.4 Å². The van der Waals surface area contributed by atoms with Crippen molar-refractivity contribution in [1.82, 2.24) is 10.2 Å². The molecule has 1 aromatic carbocycles. The van der Waals surface area contributed by atoms with E-state index in [1.807, 2.05) is 0 Å². The Hall–Kier alpha value is -1.35. The van der Waals surface area contributed by atoms with Crippen molar-refractivity contribution in [2.75, 3.05) is 50.4 Å². The second-order valence-corrected chi connectivity index (χ2v) is 7.43. The third-order valence-corrected chi connectivity index (χ3v) is 4.26. The number of nitrogens with one attached hydrogen (secondary N) is 2. The smallest absolute Gasteiger partial charge is 0.251 e. The molecule has 0 atom stereocenters. The summed E-state index contributed by atoms with van der Waals surface area (Å²) in [5.74, 6) is -0.272. The van der Waals surface area contributed by atoms with E-state index in [1.54, 1.807) is 6.07 Å². The number of carbonyl (C=O) groups is 1. The Morgan fingerprint density at radius 2 is 2.04 bits per heavy atom. The van der Waals surface area contributed by atoms with Gasteiger partial charge in [0.2, 0.25) is 10.0 Å². The van der Waals surface area contributed by atoms with E-state index < -0.39 is 10.0 Å². The van der Waals surface area contributed by atoms with Gasteiger partial charge in [0.25, 0.3) is 5.91 Å². The van der Waals surface area contributed by atoms with Crippen molar-refractivity contribution < 1.29 is 17.9 Å². The molecule has 1 amide bonds. The van der Waals surface area contributed by atoms with Gasteiger partial charge in [-0.25, -0.2) is 8.42 Å². The topological polar surface area (TPSA) is 87.7 Å². The number of benzene rings is 1. The lowest BCUT2D eigenvalue weighted by atomic mass is 10.2. The zero-order valence-electron chi connectivity index (χ0n) is 12.8. The molecule has 7 nitrogen and oxygen atoms in total. The lowest BCUT2D eigenvalue weighted by Crippen LogP contribution is -2.41. The van der Waals surface area contributed by atoms with Crippen molar-refractivity contribution in [2.24, 2.45) is 0 Å². The van der Waals surface area contributed by atoms with Crippen LogP contribution in [0.5, 0.6) is 0 Å². The lowest BCUT2D eigenvalue weighted by molar-refractivity contribution is 0.0383. The lowest BCUT2D eigenvalue weighted by Gasteiger charge is -2.26. The van der Waals surface area contributed by atoms with Crippen LogP contribution in [0.2, 0.25) is 5.02 Å². The van der Waals surface area contributed by atoms with Crippen LogP contribution in [0, 0.1) is 0 Å². The molecule has 0 saturated carbocycles. The number of anilines is 1. The third kappa shape index (κ3) is 5.98. The second-order valence-electron chi connectivity index (χ2n) is 5.28. The highest BCUT2D eigenvalue weighted by Crippen LogP contribution is 2.23. The molecule has 9 heteroatoms. The van der Waals surface area contributed by atoms with Crippen LogP contribution >= 0.6 is 11.6 Å². The first kappa shape index (κ1) is 18.0. The summed E-state index contributed by atoms with van der Waals surface area (Å²) in [6.45, 7) is 4.41. The van der Waals surface area contributed by atoms with Gasteiger partial charge >= 0.3 is 0 Å². The Bertz CT molecular complexity index is 660. The summed E-state index contributed by atoms with van der Waals surface area (Å²) in [7, 11) is -3.46. The van der Waals surface area contributed by atoms with Crippen molar-refractivity contribution in [3.63, 3.8) is 0 Å². The number of rotatable bonds is 6. The number of ether oxygens (including phenoxy) is 1. The van der Waals surface area contributed by atoms with Gasteiger partial charge in [0.05, 0.1) is 30.2 Å². The average molecular weight is 362 g/mol. The van der Waals surface area contributed by atoms with E-state index in [1.165, 1.54) is 12.1 Å². The zero-order chi connectivity index (χ0) is 16.9. The maximum absolute atomic E-state index is 12.1. The van der Waals surface area contributed by atoms with Crippen LogP contribution in [0.25, 0.3) is 0 Å². The quantitative estimate of drug-likeness (QED) is 0.781. The molecule has 0 unspecified atom stereocenters. The molecule has 0 bridgehead atoms. The minimum absolute atomic E-state index is 0.190. The summed E-state index contributed by atoms with van der Waals surface area (Å²) in [4.78, 5) is 14.4. The van der Waals surface area contributed by atoms with E-state index in [0.29, 0.717) is 25.3 Å². The number of amides is 1. The highest BCUT2D eigenvalue weighted by molar-refractivity contribution is 7.92. The molecule has 0 radical (unpaired) electrons. The summed E-state index contributed by atoms with van der Waals surface area (Å²) in [6, 6.07) is 4.47. The predicted molar refractivity (Wildman–Crippen MR) is 89.5 cm³/mol. The van der Waals surface area contributed by atoms with Gasteiger partial charge in [-0.2, -0.15) is 0 Å². The normalized spacial score (nSPS) is 16.1. The van der Waals surface area contributed by atoms with Crippen molar-refractivity contribution in [3.8, 4) is 0 Å². The zero-order valence-corrected chi connectivity index (χ0v) is 14.4. The molecule has 2 N–H and O–H groups in total. The van der Waals surface area contributed by atoms with Gasteiger partial charge < -0.3 is 10.1 Å². The summed E-state index contributed by atoms with van der Waals surface area (Å²) in [5, 5.41) is 3.05. The van der Waals surface area contributed by atoms with E-state index in [9.17, 15) is 13.2 Å². The fourth-order valence-electron chi connectivity index (χ4n) is 2.20. The first-order valence-electron chi connectivity index (χ1n) is 7.21. The van der Waals surface area contributed by atoms with Gasteiger partial charge in [-0.15, -0.1) is 0 Å². The summed E-state index contributed by atoms with van der Waals surface area (Å²) >= 11 is 5.94. The molecule has 2 rings (SSSR count). The number of nitrogens with zero attached hydrogens (tertiary/aromatic N) is 1. The average Bonchev–Trinajstić information content (AvgIpc) is 2.49. The highest BCUT2D eigenvalue weighted by Gasteiger charge is 2.13. The fourth-order valence-corrected chi connectivity index (χ4v) is 2.99. The summed E-state index contributed by atoms with van der Waals surface area (Å²) in [5.41, 5.74) is 0.539. The Balaban J connectivity index is 1.92. The Morgan fingerprint density at radius 3 is 2.70 bits per heavy atom. The number of hydrogen-bond donors (Lipinski definition) is 2. The minimum atomic E-state index is -3.46. The van der Waals surface area contributed by atoms with Gasteiger partial charge in [0.15, 0.2) is 0 Å².